The molecule has 0 bridgehead atoms. The van der Waals surface area contributed by atoms with Gasteiger partial charge in [0.25, 0.3) is 0 Å². The van der Waals surface area contributed by atoms with Crippen LogP contribution in [0.5, 0.6) is 5.75 Å². The molecule has 0 aromatic heterocycles. The fourth-order valence-corrected chi connectivity index (χ4v) is 1.39. The van der Waals surface area contributed by atoms with Gasteiger partial charge in [-0.2, -0.15) is 0 Å². The first-order valence-electron chi connectivity index (χ1n) is 5.53. The number of hydroxylamine groups is 1. The number of rotatable bonds is 7. The molecule has 0 unspecified atom stereocenters. The van der Waals surface area contributed by atoms with E-state index in [1.54, 1.807) is 23.7 Å². The molecule has 0 radical (unpaired) electrons. The first-order chi connectivity index (χ1) is 8.65. The maximum absolute atomic E-state index is 10.9. The zero-order valence-corrected chi connectivity index (χ0v) is 9.76. The van der Waals surface area contributed by atoms with Crippen molar-refractivity contribution >= 4 is 11.9 Å². The quantitative estimate of drug-likeness (QED) is 0.388. The molecule has 0 aliphatic rings. The zero-order chi connectivity index (χ0) is 13.4. The lowest BCUT2D eigenvalue weighted by molar-refractivity contribution is -0.129. The molecule has 0 fully saturated rings. The summed E-state index contributed by atoms with van der Waals surface area (Å²) in [5, 5.41) is 17.2. The lowest BCUT2D eigenvalue weighted by atomic mass is 10.2. The largest absolute Gasteiger partial charge is 0.493 e. The molecular formula is C12H15NO5. The zero-order valence-electron chi connectivity index (χ0n) is 9.76. The van der Waals surface area contributed by atoms with Crippen LogP contribution >= 0.6 is 0 Å². The molecule has 6 nitrogen and oxygen atoms in total. The first-order valence-corrected chi connectivity index (χ1v) is 5.53. The van der Waals surface area contributed by atoms with Crippen LogP contribution in [0.2, 0.25) is 0 Å². The molecule has 6 heteroatoms. The summed E-state index contributed by atoms with van der Waals surface area (Å²) in [4.78, 5) is 21.6. The van der Waals surface area contributed by atoms with Crippen molar-refractivity contribution in [1.82, 2.24) is 5.48 Å². The standard InChI is InChI=1S/C12H15NO5/c14-11(13-17)7-3-4-8-18-10-6-2-1-5-9(10)12(15)16/h1-2,5-6,17H,3-4,7-8H2,(H,13,14)(H,15,16). The Labute approximate surface area is 104 Å². The van der Waals surface area contributed by atoms with Crippen molar-refractivity contribution in [2.75, 3.05) is 6.61 Å². The van der Waals surface area contributed by atoms with E-state index >= 15 is 0 Å². The van der Waals surface area contributed by atoms with E-state index < -0.39 is 11.9 Å². The molecule has 0 atom stereocenters. The average Bonchev–Trinajstić information content (AvgIpc) is 2.38. The number of nitrogens with one attached hydrogen (secondary N) is 1. The van der Waals surface area contributed by atoms with Gasteiger partial charge in [-0.25, -0.2) is 10.3 Å². The molecule has 3 N–H and O–H groups in total. The number of carbonyl (C=O) groups is 2. The number of amides is 1. The normalized spacial score (nSPS) is 9.83. The fourth-order valence-electron chi connectivity index (χ4n) is 1.39. The van der Waals surface area contributed by atoms with Gasteiger partial charge in [-0.15, -0.1) is 0 Å². The number of benzene rings is 1. The van der Waals surface area contributed by atoms with E-state index in [2.05, 4.69) is 0 Å². The van der Waals surface area contributed by atoms with Gasteiger partial charge in [0.05, 0.1) is 6.61 Å². The van der Waals surface area contributed by atoms with Crippen LogP contribution in [0.25, 0.3) is 0 Å². The van der Waals surface area contributed by atoms with Gasteiger partial charge in [-0.05, 0) is 25.0 Å². The van der Waals surface area contributed by atoms with Crippen LogP contribution in [-0.2, 0) is 4.79 Å². The van der Waals surface area contributed by atoms with Crippen molar-refractivity contribution in [1.29, 1.82) is 0 Å². The Hall–Kier alpha value is -2.08. The Morgan fingerprint density at radius 2 is 1.94 bits per heavy atom. The van der Waals surface area contributed by atoms with Gasteiger partial charge in [0.15, 0.2) is 0 Å². The highest BCUT2D eigenvalue weighted by molar-refractivity contribution is 5.90. The van der Waals surface area contributed by atoms with E-state index in [0.717, 1.165) is 0 Å². The van der Waals surface area contributed by atoms with Crippen LogP contribution in [0.4, 0.5) is 0 Å². The van der Waals surface area contributed by atoms with E-state index in [0.29, 0.717) is 25.2 Å². The first kappa shape index (κ1) is 14.0. The van der Waals surface area contributed by atoms with Gasteiger partial charge in [-0.3, -0.25) is 10.0 Å². The van der Waals surface area contributed by atoms with Crippen LogP contribution < -0.4 is 10.2 Å². The minimum absolute atomic E-state index is 0.116. The summed E-state index contributed by atoms with van der Waals surface area (Å²) in [6.45, 7) is 0.322. The van der Waals surface area contributed by atoms with Gasteiger partial charge in [0, 0.05) is 6.42 Å². The molecular weight excluding hydrogens is 238 g/mol. The van der Waals surface area contributed by atoms with Gasteiger partial charge in [-0.1, -0.05) is 12.1 Å². The molecule has 0 saturated carbocycles. The third kappa shape index (κ3) is 4.42. The number of carbonyl (C=O) groups excluding carboxylic acids is 1. The Morgan fingerprint density at radius 1 is 1.22 bits per heavy atom. The summed E-state index contributed by atoms with van der Waals surface area (Å²) >= 11 is 0. The van der Waals surface area contributed by atoms with E-state index in [1.165, 1.54) is 6.07 Å². The summed E-state index contributed by atoms with van der Waals surface area (Å²) in [6.07, 6.45) is 1.36. The number of carboxylic acid groups (broad SMARTS) is 1. The Kier molecular flexibility index (Phi) is 5.66. The highest BCUT2D eigenvalue weighted by atomic mass is 16.5. The topological polar surface area (TPSA) is 95.9 Å². The van der Waals surface area contributed by atoms with Crippen molar-refractivity contribution in [3.05, 3.63) is 29.8 Å². The second kappa shape index (κ2) is 7.29. The summed E-state index contributed by atoms with van der Waals surface area (Å²) in [6, 6.07) is 6.38. The SMILES string of the molecule is O=C(CCCCOc1ccccc1C(=O)O)NO. The second-order valence-corrected chi connectivity index (χ2v) is 3.64. The molecule has 0 aliphatic carbocycles. The molecule has 1 aromatic carbocycles. The van der Waals surface area contributed by atoms with Crippen molar-refractivity contribution < 1.29 is 24.6 Å². The molecule has 1 aromatic rings. The number of carboxylic acids is 1. The number of hydrogen-bond donors (Lipinski definition) is 3. The molecule has 0 aliphatic heterocycles. The van der Waals surface area contributed by atoms with Gasteiger partial charge < -0.3 is 9.84 Å². The maximum atomic E-state index is 10.9. The van der Waals surface area contributed by atoms with Gasteiger partial charge in [0.1, 0.15) is 11.3 Å². The molecule has 1 amide bonds. The molecule has 0 heterocycles. The smallest absolute Gasteiger partial charge is 0.339 e. The minimum atomic E-state index is -1.04. The number of para-hydroxylation sites is 1. The second-order valence-electron chi connectivity index (χ2n) is 3.64. The number of hydrogen-bond acceptors (Lipinski definition) is 4. The molecule has 0 saturated heterocycles. The Morgan fingerprint density at radius 3 is 2.61 bits per heavy atom. The van der Waals surface area contributed by atoms with Crippen LogP contribution in [0.3, 0.4) is 0 Å². The van der Waals surface area contributed by atoms with E-state index in [-0.39, 0.29) is 12.0 Å². The summed E-state index contributed by atoms with van der Waals surface area (Å²) in [5.74, 6) is -1.16. The maximum Gasteiger partial charge on any atom is 0.339 e. The number of ether oxygens (including phenoxy) is 1. The van der Waals surface area contributed by atoms with Crippen LogP contribution in [0.15, 0.2) is 24.3 Å². The van der Waals surface area contributed by atoms with Crippen molar-refractivity contribution in [2.24, 2.45) is 0 Å². The lowest BCUT2D eigenvalue weighted by Gasteiger charge is -2.08. The van der Waals surface area contributed by atoms with E-state index in [4.69, 9.17) is 15.1 Å². The monoisotopic (exact) mass is 253 g/mol. The molecule has 18 heavy (non-hydrogen) atoms. The summed E-state index contributed by atoms with van der Waals surface area (Å²) in [7, 11) is 0. The van der Waals surface area contributed by atoms with Crippen molar-refractivity contribution in [3.8, 4) is 5.75 Å². The van der Waals surface area contributed by atoms with E-state index in [9.17, 15) is 9.59 Å². The predicted molar refractivity (Wildman–Crippen MR) is 62.7 cm³/mol. The predicted octanol–water partition coefficient (Wildman–Crippen LogP) is 1.44. The summed E-state index contributed by atoms with van der Waals surface area (Å²) in [5.41, 5.74) is 1.66. The third-order valence-electron chi connectivity index (χ3n) is 2.30. The number of aromatic carboxylic acids is 1. The van der Waals surface area contributed by atoms with Crippen LogP contribution in [-0.4, -0.2) is 28.8 Å². The highest BCUT2D eigenvalue weighted by Gasteiger charge is 2.09. The molecule has 98 valence electrons. The molecule has 1 rings (SSSR count). The van der Waals surface area contributed by atoms with Gasteiger partial charge >= 0.3 is 5.97 Å². The van der Waals surface area contributed by atoms with Crippen LogP contribution in [0, 0.1) is 0 Å². The Balaban J connectivity index is 2.35. The van der Waals surface area contributed by atoms with Crippen LogP contribution in [0.1, 0.15) is 29.6 Å². The van der Waals surface area contributed by atoms with E-state index in [1.807, 2.05) is 0 Å². The number of unbranched alkanes of at least 4 members (excludes halogenated alkanes) is 1. The van der Waals surface area contributed by atoms with Crippen molar-refractivity contribution in [2.45, 2.75) is 19.3 Å². The highest BCUT2D eigenvalue weighted by Crippen LogP contribution is 2.18. The average molecular weight is 253 g/mol. The molecule has 0 spiro atoms. The fraction of sp³-hybridized carbons (Fsp3) is 0.333. The van der Waals surface area contributed by atoms with Gasteiger partial charge in [0.2, 0.25) is 5.91 Å². The minimum Gasteiger partial charge on any atom is -0.493 e. The summed E-state index contributed by atoms with van der Waals surface area (Å²) < 4.78 is 5.34. The third-order valence-corrected chi connectivity index (χ3v) is 2.30. The Bertz CT molecular complexity index is 419. The lowest BCUT2D eigenvalue weighted by Crippen LogP contribution is -2.18. The van der Waals surface area contributed by atoms with Crippen molar-refractivity contribution in [3.63, 3.8) is 0 Å².